The normalized spacial score (nSPS) is 10.2. The highest BCUT2D eigenvalue weighted by Crippen LogP contribution is 2.20. The minimum Gasteiger partial charge on any atom is -0.465 e. The maximum Gasteiger partial charge on any atom is 0.339 e. The second-order valence-electron chi connectivity index (χ2n) is 5.35. The molecule has 1 rings (SSSR count). The molecule has 28 heavy (non-hydrogen) atoms. The number of ether oxygens (including phenoxy) is 2. The van der Waals surface area contributed by atoms with E-state index in [2.05, 4.69) is 23.2 Å². The number of nitrogens with zero attached hydrogens (tertiary/aromatic N) is 2. The predicted octanol–water partition coefficient (Wildman–Crippen LogP) is 2.28. The summed E-state index contributed by atoms with van der Waals surface area (Å²) in [6, 6.07) is 5.95. The van der Waals surface area contributed by atoms with E-state index in [1.165, 1.54) is 49.5 Å². The van der Waals surface area contributed by atoms with Crippen molar-refractivity contribution in [1.29, 1.82) is 5.26 Å². The number of esters is 2. The number of methoxy groups -OCH3 is 2. The lowest BCUT2D eigenvalue weighted by molar-refractivity contribution is -0.125. The Balaban J connectivity index is 3.27. The third-order valence-corrected chi connectivity index (χ3v) is 3.56. The Labute approximate surface area is 163 Å². The number of anilines is 1. The fraction of sp³-hybridized carbons (Fsp3) is 0.200. The standard InChI is InChI=1S/C20H21N3O5/c1-5-9-23(10-6-2)18(24)15(12-21)13-22-17-11-14(19(25)27-3)7-8-16(17)20(26)28-4/h5-8,11,13,22H,1-2,9-10H2,3-4H3/b15-13-. The molecule has 0 aliphatic rings. The van der Waals surface area contributed by atoms with Crippen LogP contribution in [0.1, 0.15) is 20.7 Å². The average molecular weight is 383 g/mol. The summed E-state index contributed by atoms with van der Waals surface area (Å²) in [5, 5.41) is 12.1. The molecule has 1 N–H and O–H groups in total. The summed E-state index contributed by atoms with van der Waals surface area (Å²) in [7, 11) is 2.44. The number of nitrogens with one attached hydrogen (secondary N) is 1. The van der Waals surface area contributed by atoms with Crippen molar-refractivity contribution in [3.05, 3.63) is 66.4 Å². The minimum absolute atomic E-state index is 0.116. The number of nitriles is 1. The summed E-state index contributed by atoms with van der Waals surface area (Å²) in [4.78, 5) is 37.6. The highest BCUT2D eigenvalue weighted by Gasteiger charge is 2.18. The quantitative estimate of drug-likeness (QED) is 0.301. The van der Waals surface area contributed by atoms with Gasteiger partial charge in [0, 0.05) is 19.3 Å². The number of benzene rings is 1. The second-order valence-corrected chi connectivity index (χ2v) is 5.35. The van der Waals surface area contributed by atoms with Crippen LogP contribution in [-0.4, -0.2) is 50.1 Å². The molecule has 0 saturated carbocycles. The van der Waals surface area contributed by atoms with Gasteiger partial charge in [-0.3, -0.25) is 4.79 Å². The van der Waals surface area contributed by atoms with Gasteiger partial charge >= 0.3 is 11.9 Å². The molecular weight excluding hydrogens is 362 g/mol. The summed E-state index contributed by atoms with van der Waals surface area (Å²) < 4.78 is 9.37. The Hall–Kier alpha value is -3.86. The number of amides is 1. The van der Waals surface area contributed by atoms with Crippen LogP contribution in [0.25, 0.3) is 0 Å². The summed E-state index contributed by atoms with van der Waals surface area (Å²) in [6.45, 7) is 7.62. The van der Waals surface area contributed by atoms with Gasteiger partial charge in [0.1, 0.15) is 11.6 Å². The topological polar surface area (TPSA) is 109 Å². The van der Waals surface area contributed by atoms with E-state index in [-0.39, 0.29) is 35.5 Å². The monoisotopic (exact) mass is 383 g/mol. The zero-order chi connectivity index (χ0) is 21.1. The van der Waals surface area contributed by atoms with Gasteiger partial charge in [-0.05, 0) is 18.2 Å². The van der Waals surface area contributed by atoms with Crippen LogP contribution in [0.2, 0.25) is 0 Å². The van der Waals surface area contributed by atoms with Crippen molar-refractivity contribution in [3.63, 3.8) is 0 Å². The molecule has 146 valence electrons. The van der Waals surface area contributed by atoms with Crippen molar-refractivity contribution in [1.82, 2.24) is 4.90 Å². The smallest absolute Gasteiger partial charge is 0.339 e. The second kappa shape index (κ2) is 11.0. The highest BCUT2D eigenvalue weighted by molar-refractivity contribution is 6.00. The van der Waals surface area contributed by atoms with Gasteiger partial charge in [0.05, 0.1) is 31.0 Å². The lowest BCUT2D eigenvalue weighted by Gasteiger charge is -2.18. The van der Waals surface area contributed by atoms with Crippen LogP contribution in [0.15, 0.2) is 55.3 Å². The zero-order valence-electron chi connectivity index (χ0n) is 15.7. The van der Waals surface area contributed by atoms with Crippen LogP contribution in [0.4, 0.5) is 5.69 Å². The van der Waals surface area contributed by atoms with Crippen LogP contribution < -0.4 is 5.32 Å². The van der Waals surface area contributed by atoms with Crippen molar-refractivity contribution in [3.8, 4) is 6.07 Å². The molecule has 1 amide bonds. The van der Waals surface area contributed by atoms with Crippen molar-refractivity contribution >= 4 is 23.5 Å². The van der Waals surface area contributed by atoms with Crippen molar-refractivity contribution < 1.29 is 23.9 Å². The van der Waals surface area contributed by atoms with Gasteiger partial charge in [-0.15, -0.1) is 13.2 Å². The first kappa shape index (κ1) is 22.2. The largest absolute Gasteiger partial charge is 0.465 e. The van der Waals surface area contributed by atoms with Gasteiger partial charge in [-0.25, -0.2) is 9.59 Å². The molecule has 1 aromatic rings. The average Bonchev–Trinajstić information content (AvgIpc) is 2.72. The SMILES string of the molecule is C=CCN(CC=C)C(=O)/C(C#N)=C\Nc1cc(C(=O)OC)ccc1C(=O)OC. The van der Waals surface area contributed by atoms with E-state index >= 15 is 0 Å². The molecule has 0 spiro atoms. The van der Waals surface area contributed by atoms with Gasteiger partial charge in [-0.2, -0.15) is 5.26 Å². The van der Waals surface area contributed by atoms with E-state index in [1.54, 1.807) is 0 Å². The van der Waals surface area contributed by atoms with Crippen LogP contribution in [0.3, 0.4) is 0 Å². The molecule has 1 aromatic carbocycles. The third kappa shape index (κ3) is 5.57. The van der Waals surface area contributed by atoms with E-state index in [9.17, 15) is 19.6 Å². The van der Waals surface area contributed by atoms with Gasteiger partial charge < -0.3 is 19.7 Å². The maximum atomic E-state index is 12.5. The van der Waals surface area contributed by atoms with Gasteiger partial charge in [0.2, 0.25) is 0 Å². The Morgan fingerprint density at radius 1 is 1.14 bits per heavy atom. The first-order valence-corrected chi connectivity index (χ1v) is 8.12. The fourth-order valence-corrected chi connectivity index (χ4v) is 2.21. The van der Waals surface area contributed by atoms with Gasteiger partial charge in [-0.1, -0.05) is 12.2 Å². The van der Waals surface area contributed by atoms with Crippen molar-refractivity contribution in [2.45, 2.75) is 0 Å². The lowest BCUT2D eigenvalue weighted by atomic mass is 10.1. The van der Waals surface area contributed by atoms with Crippen LogP contribution in [0, 0.1) is 11.3 Å². The molecule has 0 unspecified atom stereocenters. The van der Waals surface area contributed by atoms with Crippen molar-refractivity contribution in [2.75, 3.05) is 32.6 Å². The molecule has 0 aromatic heterocycles. The molecule has 8 nitrogen and oxygen atoms in total. The van der Waals surface area contributed by atoms with Gasteiger partial charge in [0.25, 0.3) is 5.91 Å². The Morgan fingerprint density at radius 3 is 2.25 bits per heavy atom. The third-order valence-electron chi connectivity index (χ3n) is 3.56. The first-order chi connectivity index (χ1) is 13.4. The molecular formula is C20H21N3O5. The molecule has 0 saturated heterocycles. The Bertz CT molecular complexity index is 842. The number of hydrogen-bond acceptors (Lipinski definition) is 7. The number of hydrogen-bond donors (Lipinski definition) is 1. The fourth-order valence-electron chi connectivity index (χ4n) is 2.21. The summed E-state index contributed by atoms with van der Waals surface area (Å²) >= 11 is 0. The van der Waals surface area contributed by atoms with Gasteiger partial charge in [0.15, 0.2) is 0 Å². The van der Waals surface area contributed by atoms with E-state index in [4.69, 9.17) is 4.74 Å². The van der Waals surface area contributed by atoms with Crippen LogP contribution in [-0.2, 0) is 14.3 Å². The lowest BCUT2D eigenvalue weighted by Crippen LogP contribution is -2.32. The van der Waals surface area contributed by atoms with E-state index in [1.807, 2.05) is 6.07 Å². The first-order valence-electron chi connectivity index (χ1n) is 8.12. The molecule has 0 heterocycles. The maximum absolute atomic E-state index is 12.5. The molecule has 0 fully saturated rings. The number of rotatable bonds is 9. The summed E-state index contributed by atoms with van der Waals surface area (Å²) in [5.41, 5.74) is 0.262. The van der Waals surface area contributed by atoms with E-state index in [0.717, 1.165) is 6.20 Å². The molecule has 0 bridgehead atoms. The summed E-state index contributed by atoms with van der Waals surface area (Å²) in [6.07, 6.45) is 4.21. The zero-order valence-corrected chi connectivity index (χ0v) is 15.7. The summed E-state index contributed by atoms with van der Waals surface area (Å²) in [5.74, 6) is -1.81. The van der Waals surface area contributed by atoms with E-state index in [0.29, 0.717) is 0 Å². The number of carbonyl (C=O) groups is 3. The van der Waals surface area contributed by atoms with E-state index < -0.39 is 17.8 Å². The highest BCUT2D eigenvalue weighted by atomic mass is 16.5. The minimum atomic E-state index is -0.655. The van der Waals surface area contributed by atoms with Crippen LogP contribution >= 0.6 is 0 Å². The molecule has 0 radical (unpaired) electrons. The number of carbonyl (C=O) groups excluding carboxylic acids is 3. The predicted molar refractivity (Wildman–Crippen MR) is 103 cm³/mol. The Kier molecular flexibility index (Phi) is 8.70. The van der Waals surface area contributed by atoms with Crippen LogP contribution in [0.5, 0.6) is 0 Å². The molecule has 8 heteroatoms. The molecule has 0 aliphatic heterocycles. The molecule has 0 atom stereocenters. The molecule has 0 aliphatic carbocycles. The van der Waals surface area contributed by atoms with Crippen molar-refractivity contribution in [2.24, 2.45) is 0 Å². The Morgan fingerprint density at radius 2 is 1.75 bits per heavy atom.